The fraction of sp³-hybridized carbons (Fsp3) is 0.500. The topological polar surface area (TPSA) is 89.1 Å². The molecule has 2 heterocycles. The first-order valence-electron chi connectivity index (χ1n) is 6.14. The quantitative estimate of drug-likeness (QED) is 0.924. The van der Waals surface area contributed by atoms with Crippen molar-refractivity contribution in [2.24, 2.45) is 5.41 Å². The number of hydrogen-bond donors (Lipinski definition) is 1. The molecule has 0 unspecified atom stereocenters. The Balaban J connectivity index is 1.82. The van der Waals surface area contributed by atoms with Crippen molar-refractivity contribution in [2.45, 2.75) is 32.1 Å². The standard InChI is InChI=1S/C12H13N3O3S/c16-11(17)12(3-1-2-4-12)5-9-14-10(15-18-9)8-6-13-7-19-8/h6-7H,1-5H2,(H,16,17). The summed E-state index contributed by atoms with van der Waals surface area (Å²) in [6.45, 7) is 0. The lowest BCUT2D eigenvalue weighted by Crippen LogP contribution is -2.30. The molecule has 1 aliphatic carbocycles. The van der Waals surface area contributed by atoms with Crippen molar-refractivity contribution in [1.29, 1.82) is 0 Å². The molecule has 0 aromatic carbocycles. The summed E-state index contributed by atoms with van der Waals surface area (Å²) >= 11 is 1.43. The molecule has 2 aromatic heterocycles. The van der Waals surface area contributed by atoms with E-state index in [1.807, 2.05) is 0 Å². The highest BCUT2D eigenvalue weighted by Crippen LogP contribution is 2.41. The van der Waals surface area contributed by atoms with Crippen LogP contribution in [0.25, 0.3) is 10.7 Å². The van der Waals surface area contributed by atoms with Crippen LogP contribution in [0.4, 0.5) is 0 Å². The molecule has 19 heavy (non-hydrogen) atoms. The summed E-state index contributed by atoms with van der Waals surface area (Å²) < 4.78 is 5.18. The number of rotatable bonds is 4. The highest BCUT2D eigenvalue weighted by molar-refractivity contribution is 7.13. The van der Waals surface area contributed by atoms with Crippen LogP contribution in [-0.4, -0.2) is 26.2 Å². The van der Waals surface area contributed by atoms with Crippen molar-refractivity contribution in [1.82, 2.24) is 15.1 Å². The van der Waals surface area contributed by atoms with Crippen molar-refractivity contribution >= 4 is 17.3 Å². The van der Waals surface area contributed by atoms with E-state index >= 15 is 0 Å². The third-order valence-corrected chi connectivity index (χ3v) is 4.39. The number of thiazole rings is 1. The minimum atomic E-state index is -0.762. The maximum atomic E-state index is 11.5. The van der Waals surface area contributed by atoms with Crippen LogP contribution in [0, 0.1) is 5.41 Å². The lowest BCUT2D eigenvalue weighted by molar-refractivity contribution is -0.148. The molecule has 1 fully saturated rings. The molecular weight excluding hydrogens is 266 g/mol. The van der Waals surface area contributed by atoms with Crippen LogP contribution in [-0.2, 0) is 11.2 Å². The summed E-state index contributed by atoms with van der Waals surface area (Å²) in [6, 6.07) is 0. The van der Waals surface area contributed by atoms with Gasteiger partial charge in [-0.15, -0.1) is 11.3 Å². The molecule has 7 heteroatoms. The van der Waals surface area contributed by atoms with Crippen LogP contribution < -0.4 is 0 Å². The van der Waals surface area contributed by atoms with Crippen molar-refractivity contribution < 1.29 is 14.4 Å². The van der Waals surface area contributed by atoms with Gasteiger partial charge in [0.2, 0.25) is 11.7 Å². The van der Waals surface area contributed by atoms with Gasteiger partial charge in [0.25, 0.3) is 0 Å². The zero-order chi connectivity index (χ0) is 13.3. The van der Waals surface area contributed by atoms with Gasteiger partial charge in [-0.1, -0.05) is 18.0 Å². The number of carboxylic acids is 1. The van der Waals surface area contributed by atoms with Crippen molar-refractivity contribution in [3.63, 3.8) is 0 Å². The average molecular weight is 279 g/mol. The molecule has 0 bridgehead atoms. The Kier molecular flexibility index (Phi) is 3.06. The van der Waals surface area contributed by atoms with Gasteiger partial charge in [0.15, 0.2) is 0 Å². The zero-order valence-corrected chi connectivity index (χ0v) is 11.0. The first kappa shape index (κ1) is 12.3. The van der Waals surface area contributed by atoms with E-state index in [2.05, 4.69) is 15.1 Å². The molecule has 2 aromatic rings. The molecule has 1 N–H and O–H groups in total. The Morgan fingerprint density at radius 2 is 2.26 bits per heavy atom. The molecule has 0 aliphatic heterocycles. The summed E-state index contributed by atoms with van der Waals surface area (Å²) in [6.07, 6.45) is 5.24. The SMILES string of the molecule is O=C(O)C1(Cc2nc(-c3cncs3)no2)CCCC1. The molecule has 0 atom stereocenters. The number of hydrogen-bond acceptors (Lipinski definition) is 6. The Morgan fingerprint density at radius 3 is 2.89 bits per heavy atom. The molecule has 1 saturated carbocycles. The van der Waals surface area contributed by atoms with Gasteiger partial charge >= 0.3 is 5.97 Å². The Bertz CT molecular complexity index is 573. The number of carboxylic acid groups (broad SMARTS) is 1. The first-order chi connectivity index (χ1) is 9.20. The smallest absolute Gasteiger partial charge is 0.310 e. The van der Waals surface area contributed by atoms with Crippen LogP contribution >= 0.6 is 11.3 Å². The molecule has 6 nitrogen and oxygen atoms in total. The minimum Gasteiger partial charge on any atom is -0.481 e. The summed E-state index contributed by atoms with van der Waals surface area (Å²) in [5.41, 5.74) is 0.971. The van der Waals surface area contributed by atoms with E-state index in [0.29, 0.717) is 31.0 Å². The molecular formula is C12H13N3O3S. The highest BCUT2D eigenvalue weighted by atomic mass is 32.1. The lowest BCUT2D eigenvalue weighted by Gasteiger charge is -2.21. The minimum absolute atomic E-state index is 0.314. The maximum absolute atomic E-state index is 11.5. The molecule has 0 saturated heterocycles. The Hall–Kier alpha value is -1.76. The van der Waals surface area contributed by atoms with E-state index in [-0.39, 0.29) is 0 Å². The van der Waals surface area contributed by atoms with E-state index in [1.54, 1.807) is 11.7 Å². The van der Waals surface area contributed by atoms with Crippen LogP contribution in [0.2, 0.25) is 0 Å². The van der Waals surface area contributed by atoms with Gasteiger partial charge in [0.1, 0.15) is 0 Å². The van der Waals surface area contributed by atoms with E-state index in [9.17, 15) is 9.90 Å². The van der Waals surface area contributed by atoms with Crippen LogP contribution in [0.1, 0.15) is 31.6 Å². The van der Waals surface area contributed by atoms with Gasteiger partial charge in [-0.2, -0.15) is 4.98 Å². The van der Waals surface area contributed by atoms with Gasteiger partial charge in [0.05, 0.1) is 15.8 Å². The van der Waals surface area contributed by atoms with E-state index in [1.165, 1.54) is 11.3 Å². The van der Waals surface area contributed by atoms with Crippen LogP contribution in [0.3, 0.4) is 0 Å². The average Bonchev–Trinajstić information content (AvgIpc) is 3.10. The highest BCUT2D eigenvalue weighted by Gasteiger charge is 2.42. The third-order valence-electron chi connectivity index (χ3n) is 3.62. The molecule has 100 valence electrons. The summed E-state index contributed by atoms with van der Waals surface area (Å²) in [7, 11) is 0. The maximum Gasteiger partial charge on any atom is 0.310 e. The first-order valence-corrected chi connectivity index (χ1v) is 7.02. The van der Waals surface area contributed by atoms with Gasteiger partial charge in [-0.3, -0.25) is 9.78 Å². The summed E-state index contributed by atoms with van der Waals surface area (Å²) in [4.78, 5) is 20.5. The Morgan fingerprint density at radius 1 is 1.47 bits per heavy atom. The summed E-state index contributed by atoms with van der Waals surface area (Å²) in [5.74, 6) is 0.117. The molecule has 0 amide bonds. The number of aromatic nitrogens is 3. The monoisotopic (exact) mass is 279 g/mol. The summed E-state index contributed by atoms with van der Waals surface area (Å²) in [5, 5.41) is 13.3. The third kappa shape index (κ3) is 2.25. The van der Waals surface area contributed by atoms with Crippen molar-refractivity contribution in [2.75, 3.05) is 0 Å². The Labute approximate surface area is 113 Å². The zero-order valence-electron chi connectivity index (χ0n) is 10.2. The van der Waals surface area contributed by atoms with Crippen LogP contribution in [0.15, 0.2) is 16.2 Å². The number of nitrogens with zero attached hydrogens (tertiary/aromatic N) is 3. The van der Waals surface area contributed by atoms with E-state index < -0.39 is 11.4 Å². The second kappa shape index (κ2) is 4.73. The molecule has 0 radical (unpaired) electrons. The predicted molar refractivity (Wildman–Crippen MR) is 67.6 cm³/mol. The van der Waals surface area contributed by atoms with Gasteiger partial charge < -0.3 is 9.63 Å². The van der Waals surface area contributed by atoms with E-state index in [4.69, 9.17) is 4.52 Å². The molecule has 0 spiro atoms. The normalized spacial score (nSPS) is 17.7. The number of carbonyl (C=O) groups is 1. The lowest BCUT2D eigenvalue weighted by atomic mass is 9.83. The predicted octanol–water partition coefficient (Wildman–Crippen LogP) is 2.38. The molecule has 3 rings (SSSR count). The fourth-order valence-electron chi connectivity index (χ4n) is 2.56. The van der Waals surface area contributed by atoms with Gasteiger partial charge in [-0.25, -0.2) is 0 Å². The van der Waals surface area contributed by atoms with Gasteiger partial charge in [-0.05, 0) is 12.8 Å². The second-order valence-corrected chi connectivity index (χ2v) is 5.73. The van der Waals surface area contributed by atoms with E-state index in [0.717, 1.165) is 17.7 Å². The number of aliphatic carboxylic acids is 1. The van der Waals surface area contributed by atoms with Crippen molar-refractivity contribution in [3.8, 4) is 10.7 Å². The largest absolute Gasteiger partial charge is 0.481 e. The second-order valence-electron chi connectivity index (χ2n) is 4.85. The molecule has 1 aliphatic rings. The van der Waals surface area contributed by atoms with Gasteiger partial charge in [0, 0.05) is 12.6 Å². The van der Waals surface area contributed by atoms with Crippen LogP contribution in [0.5, 0.6) is 0 Å². The fourth-order valence-corrected chi connectivity index (χ4v) is 3.11. The van der Waals surface area contributed by atoms with Crippen molar-refractivity contribution in [3.05, 3.63) is 17.6 Å².